The Bertz CT molecular complexity index is 1370. The first-order valence-corrected chi connectivity index (χ1v) is 12.0. The minimum atomic E-state index is -0.289. The van der Waals surface area contributed by atoms with Crippen LogP contribution >= 0.6 is 11.8 Å². The fourth-order valence-electron chi connectivity index (χ4n) is 3.67. The van der Waals surface area contributed by atoms with Crippen molar-refractivity contribution in [2.75, 3.05) is 18.2 Å². The van der Waals surface area contributed by atoms with Gasteiger partial charge in [0.05, 0.1) is 24.3 Å². The third-order valence-corrected chi connectivity index (χ3v) is 6.44. The Morgan fingerprint density at radius 1 is 1.06 bits per heavy atom. The highest BCUT2D eigenvalue weighted by Gasteiger charge is 2.20. The molecule has 1 atom stereocenters. The van der Waals surface area contributed by atoms with Gasteiger partial charge >= 0.3 is 0 Å². The molecule has 0 aliphatic rings. The largest absolute Gasteiger partial charge is 0.496 e. The van der Waals surface area contributed by atoms with Crippen molar-refractivity contribution in [1.29, 1.82) is 0 Å². The number of benzene rings is 2. The molecule has 0 spiro atoms. The van der Waals surface area contributed by atoms with Crippen molar-refractivity contribution in [1.82, 2.24) is 15.3 Å². The summed E-state index contributed by atoms with van der Waals surface area (Å²) in [5, 5.41) is 6.82. The number of ether oxygens (including phenoxy) is 1. The average Bonchev–Trinajstić information content (AvgIpc) is 3.16. The normalized spacial score (nSPS) is 11.8. The van der Waals surface area contributed by atoms with Gasteiger partial charge in [0.25, 0.3) is 5.91 Å². The molecular formula is C26H26N4O4S. The minimum absolute atomic E-state index is 0.0930. The first kappa shape index (κ1) is 24.3. The van der Waals surface area contributed by atoms with Gasteiger partial charge < -0.3 is 19.8 Å². The fourth-order valence-corrected chi connectivity index (χ4v) is 4.32. The fraction of sp³-hybridized carbons (Fsp3) is 0.231. The number of rotatable bonds is 8. The molecule has 0 saturated heterocycles. The molecular weight excluding hydrogens is 464 g/mol. The molecule has 0 unspecified atom stereocenters. The molecule has 9 heteroatoms. The zero-order chi connectivity index (χ0) is 24.9. The van der Waals surface area contributed by atoms with Crippen LogP contribution in [0, 0.1) is 13.8 Å². The Hall–Kier alpha value is -3.85. The lowest BCUT2D eigenvalue weighted by Crippen LogP contribution is -2.28. The maximum absolute atomic E-state index is 12.8. The number of anilines is 1. The van der Waals surface area contributed by atoms with Crippen LogP contribution in [0.3, 0.4) is 0 Å². The van der Waals surface area contributed by atoms with Gasteiger partial charge in [0, 0.05) is 16.7 Å². The molecule has 2 heterocycles. The summed E-state index contributed by atoms with van der Waals surface area (Å²) in [7, 11) is 1.60. The zero-order valence-electron chi connectivity index (χ0n) is 19.9. The number of thioether (sulfide) groups is 1. The summed E-state index contributed by atoms with van der Waals surface area (Å²) < 4.78 is 11.2. The van der Waals surface area contributed by atoms with Gasteiger partial charge in [-0.25, -0.2) is 4.98 Å². The maximum Gasteiger partial charge on any atom is 0.256 e. The van der Waals surface area contributed by atoms with Gasteiger partial charge in [-0.3, -0.25) is 9.59 Å². The molecule has 8 nitrogen and oxygen atoms in total. The number of hydrogen-bond donors (Lipinski definition) is 2. The lowest BCUT2D eigenvalue weighted by Gasteiger charge is -2.17. The van der Waals surface area contributed by atoms with Gasteiger partial charge in [-0.2, -0.15) is 4.98 Å². The molecule has 35 heavy (non-hydrogen) atoms. The predicted molar refractivity (Wildman–Crippen MR) is 136 cm³/mol. The molecule has 0 aliphatic carbocycles. The SMILES string of the molecule is COc1ccccc1[C@@H](C)NC(=O)CSc1nc(NC(=O)c2ccccc2)c2c(C)c(C)oc2n1. The smallest absolute Gasteiger partial charge is 0.256 e. The number of nitrogens with zero attached hydrogens (tertiary/aromatic N) is 2. The highest BCUT2D eigenvalue weighted by Crippen LogP contribution is 2.31. The number of carbonyl (C=O) groups is 2. The molecule has 2 aromatic heterocycles. The number of hydrogen-bond acceptors (Lipinski definition) is 7. The number of aryl methyl sites for hydroxylation is 2. The van der Waals surface area contributed by atoms with E-state index in [1.807, 2.05) is 51.1 Å². The van der Waals surface area contributed by atoms with Gasteiger partial charge in [-0.15, -0.1) is 0 Å². The van der Waals surface area contributed by atoms with Crippen LogP contribution in [0.4, 0.5) is 5.82 Å². The van der Waals surface area contributed by atoms with Gasteiger partial charge in [-0.1, -0.05) is 48.2 Å². The molecule has 4 aromatic rings. The Morgan fingerprint density at radius 2 is 1.77 bits per heavy atom. The Kier molecular flexibility index (Phi) is 7.36. The van der Waals surface area contributed by atoms with Crippen LogP contribution in [0.5, 0.6) is 5.75 Å². The van der Waals surface area contributed by atoms with E-state index in [2.05, 4.69) is 20.6 Å². The van der Waals surface area contributed by atoms with Crippen molar-refractivity contribution in [3.63, 3.8) is 0 Å². The van der Waals surface area contributed by atoms with Crippen LogP contribution in [0.25, 0.3) is 11.1 Å². The number of furan rings is 1. The summed E-state index contributed by atoms with van der Waals surface area (Å²) in [5.74, 6) is 1.38. The van der Waals surface area contributed by atoms with Gasteiger partial charge in [-0.05, 0) is 39.0 Å². The van der Waals surface area contributed by atoms with Crippen LogP contribution in [-0.4, -0.2) is 34.6 Å². The van der Waals surface area contributed by atoms with E-state index in [4.69, 9.17) is 9.15 Å². The first-order chi connectivity index (χ1) is 16.9. The first-order valence-electron chi connectivity index (χ1n) is 11.1. The highest BCUT2D eigenvalue weighted by molar-refractivity contribution is 7.99. The summed E-state index contributed by atoms with van der Waals surface area (Å²) in [6.45, 7) is 5.62. The van der Waals surface area contributed by atoms with E-state index in [9.17, 15) is 9.59 Å². The van der Waals surface area contributed by atoms with Crippen LogP contribution < -0.4 is 15.4 Å². The quantitative estimate of drug-likeness (QED) is 0.262. The van der Waals surface area contributed by atoms with Gasteiger partial charge in [0.15, 0.2) is 5.16 Å². The van der Waals surface area contributed by atoms with Crippen LogP contribution in [0.15, 0.2) is 64.2 Å². The van der Waals surface area contributed by atoms with E-state index in [-0.39, 0.29) is 23.6 Å². The molecule has 0 aliphatic heterocycles. The number of carbonyl (C=O) groups excluding carboxylic acids is 2. The topological polar surface area (TPSA) is 106 Å². The second-order valence-electron chi connectivity index (χ2n) is 7.96. The number of amides is 2. The minimum Gasteiger partial charge on any atom is -0.496 e. The van der Waals surface area contributed by atoms with Crippen molar-refractivity contribution in [3.05, 3.63) is 77.0 Å². The lowest BCUT2D eigenvalue weighted by molar-refractivity contribution is -0.119. The number of nitrogens with one attached hydrogen (secondary N) is 2. The van der Waals surface area contributed by atoms with Crippen molar-refractivity contribution in [3.8, 4) is 5.75 Å². The van der Waals surface area contributed by atoms with Crippen molar-refractivity contribution < 1.29 is 18.7 Å². The molecule has 0 bridgehead atoms. The molecule has 4 rings (SSSR count). The van der Waals surface area contributed by atoms with Crippen molar-refractivity contribution in [2.24, 2.45) is 0 Å². The highest BCUT2D eigenvalue weighted by atomic mass is 32.2. The molecule has 0 saturated carbocycles. The van der Waals surface area contributed by atoms with Crippen molar-refractivity contribution >= 4 is 40.5 Å². The predicted octanol–water partition coefficient (Wildman–Crippen LogP) is 5.07. The summed E-state index contributed by atoms with van der Waals surface area (Å²) >= 11 is 1.17. The van der Waals surface area contributed by atoms with Crippen LogP contribution in [0.1, 0.15) is 40.2 Å². The summed E-state index contributed by atoms with van der Waals surface area (Å²) in [5.41, 5.74) is 2.61. The van der Waals surface area contributed by atoms with E-state index in [0.29, 0.717) is 39.1 Å². The van der Waals surface area contributed by atoms with E-state index in [1.54, 1.807) is 31.4 Å². The van der Waals surface area contributed by atoms with E-state index in [0.717, 1.165) is 11.1 Å². The summed E-state index contributed by atoms with van der Waals surface area (Å²) in [4.78, 5) is 34.4. The number of para-hydroxylation sites is 1. The standard InChI is InChI=1S/C26H26N4O4S/c1-15-17(3)34-25-22(15)23(28-24(32)18-10-6-5-7-11-18)29-26(30-25)35-14-21(31)27-16(2)19-12-8-9-13-20(19)33-4/h5-13,16H,14H2,1-4H3,(H,27,31)(H,28,29,30,32)/t16-/m1/s1. The lowest BCUT2D eigenvalue weighted by atomic mass is 10.1. The zero-order valence-corrected chi connectivity index (χ0v) is 20.7. The van der Waals surface area contributed by atoms with Crippen LogP contribution in [-0.2, 0) is 4.79 Å². The molecule has 2 amide bonds. The number of aromatic nitrogens is 2. The summed E-state index contributed by atoms with van der Waals surface area (Å²) in [6.07, 6.45) is 0. The molecule has 180 valence electrons. The van der Waals surface area contributed by atoms with E-state index in [1.165, 1.54) is 11.8 Å². The molecule has 0 radical (unpaired) electrons. The van der Waals surface area contributed by atoms with Gasteiger partial charge in [0.1, 0.15) is 17.3 Å². The molecule has 2 aromatic carbocycles. The Morgan fingerprint density at radius 3 is 2.51 bits per heavy atom. The van der Waals surface area contributed by atoms with Crippen molar-refractivity contribution in [2.45, 2.75) is 32.0 Å². The second kappa shape index (κ2) is 10.6. The average molecular weight is 491 g/mol. The monoisotopic (exact) mass is 490 g/mol. The third kappa shape index (κ3) is 5.46. The Labute approximate surface area is 207 Å². The summed E-state index contributed by atoms with van der Waals surface area (Å²) in [6, 6.07) is 16.2. The van der Waals surface area contributed by atoms with Gasteiger partial charge in [0.2, 0.25) is 11.6 Å². The van der Waals surface area contributed by atoms with Crippen LogP contribution in [0.2, 0.25) is 0 Å². The third-order valence-electron chi connectivity index (χ3n) is 5.59. The second-order valence-corrected chi connectivity index (χ2v) is 8.90. The number of fused-ring (bicyclic) bond motifs is 1. The van der Waals surface area contributed by atoms with E-state index >= 15 is 0 Å². The Balaban J connectivity index is 1.51. The maximum atomic E-state index is 12.8. The molecule has 0 fully saturated rings. The molecule has 2 N–H and O–H groups in total. The van der Waals surface area contributed by atoms with E-state index < -0.39 is 0 Å². The number of methoxy groups -OCH3 is 1.